The maximum Gasteiger partial charge on any atom is 0.298 e. The van der Waals surface area contributed by atoms with Gasteiger partial charge in [-0.15, -0.1) is 11.3 Å². The Morgan fingerprint density at radius 1 is 1.33 bits per heavy atom. The number of hydrogen-bond acceptors (Lipinski definition) is 5. The average Bonchev–Trinajstić information content (AvgIpc) is 3.14. The lowest BCUT2D eigenvalue weighted by molar-refractivity contribution is -0.125. The van der Waals surface area contributed by atoms with Gasteiger partial charge in [-0.1, -0.05) is 5.92 Å². The molecule has 2 aromatic rings. The Morgan fingerprint density at radius 2 is 2.12 bits per heavy atom. The SMILES string of the molecule is COc1ccc(C#CC(=O)N2CCN(c3nccs3)CC2)cc1Br. The van der Waals surface area contributed by atoms with Crippen LogP contribution in [0.1, 0.15) is 5.56 Å². The average molecular weight is 406 g/mol. The number of halogens is 1. The summed E-state index contributed by atoms with van der Waals surface area (Å²) >= 11 is 5.04. The number of methoxy groups -OCH3 is 1. The number of benzene rings is 1. The number of aromatic nitrogens is 1. The Bertz CT molecular complexity index is 775. The molecule has 1 saturated heterocycles. The first-order chi connectivity index (χ1) is 11.7. The Kier molecular flexibility index (Phi) is 5.38. The van der Waals surface area contributed by atoms with Gasteiger partial charge < -0.3 is 14.5 Å². The molecule has 124 valence electrons. The highest BCUT2D eigenvalue weighted by molar-refractivity contribution is 9.10. The first-order valence-corrected chi connectivity index (χ1v) is 9.13. The lowest BCUT2D eigenvalue weighted by atomic mass is 10.2. The molecular formula is C17H16BrN3O2S. The Balaban J connectivity index is 1.59. The van der Waals surface area contributed by atoms with Crippen molar-refractivity contribution < 1.29 is 9.53 Å². The number of thiazole rings is 1. The topological polar surface area (TPSA) is 45.7 Å². The molecule has 0 unspecified atom stereocenters. The molecule has 1 aliphatic heterocycles. The largest absolute Gasteiger partial charge is 0.496 e. The van der Waals surface area contributed by atoms with Gasteiger partial charge in [-0.05, 0) is 34.1 Å². The Morgan fingerprint density at radius 3 is 2.75 bits per heavy atom. The van der Waals surface area contributed by atoms with Crippen LogP contribution in [0.3, 0.4) is 0 Å². The van der Waals surface area contributed by atoms with E-state index in [9.17, 15) is 4.79 Å². The Hall–Kier alpha value is -2.04. The zero-order valence-corrected chi connectivity index (χ0v) is 15.6. The quantitative estimate of drug-likeness (QED) is 0.720. The van der Waals surface area contributed by atoms with Gasteiger partial charge in [-0.25, -0.2) is 4.98 Å². The van der Waals surface area contributed by atoms with E-state index in [1.165, 1.54) is 0 Å². The molecule has 2 heterocycles. The second-order valence-corrected chi connectivity index (χ2v) is 6.92. The molecule has 0 radical (unpaired) electrons. The number of piperazine rings is 1. The number of nitrogens with zero attached hydrogens (tertiary/aromatic N) is 3. The van der Waals surface area contributed by atoms with Gasteiger partial charge in [0.15, 0.2) is 5.13 Å². The number of carbonyl (C=O) groups excluding carboxylic acids is 1. The summed E-state index contributed by atoms with van der Waals surface area (Å²) in [4.78, 5) is 20.5. The van der Waals surface area contributed by atoms with Crippen molar-refractivity contribution in [2.24, 2.45) is 0 Å². The molecule has 7 heteroatoms. The second-order valence-electron chi connectivity index (χ2n) is 5.19. The fourth-order valence-corrected chi connectivity index (χ4v) is 3.66. The zero-order chi connectivity index (χ0) is 16.9. The van der Waals surface area contributed by atoms with Gasteiger partial charge in [0.2, 0.25) is 0 Å². The highest BCUT2D eigenvalue weighted by Gasteiger charge is 2.21. The number of hydrogen-bond donors (Lipinski definition) is 0. The van der Waals surface area contributed by atoms with E-state index in [1.54, 1.807) is 29.5 Å². The van der Waals surface area contributed by atoms with Crippen LogP contribution in [0.25, 0.3) is 0 Å². The van der Waals surface area contributed by atoms with Crippen LogP contribution in [-0.2, 0) is 4.79 Å². The molecule has 1 aromatic heterocycles. The van der Waals surface area contributed by atoms with Crippen LogP contribution in [0.5, 0.6) is 5.75 Å². The van der Waals surface area contributed by atoms with Crippen LogP contribution < -0.4 is 9.64 Å². The highest BCUT2D eigenvalue weighted by Crippen LogP contribution is 2.25. The number of rotatable bonds is 2. The molecule has 0 spiro atoms. The number of amides is 1. The maximum atomic E-state index is 12.3. The van der Waals surface area contributed by atoms with Crippen molar-refractivity contribution in [2.75, 3.05) is 38.2 Å². The molecule has 0 saturated carbocycles. The lowest BCUT2D eigenvalue weighted by Gasteiger charge is -2.33. The number of carbonyl (C=O) groups is 1. The van der Waals surface area contributed by atoms with Gasteiger partial charge >= 0.3 is 0 Å². The van der Waals surface area contributed by atoms with Gasteiger partial charge in [0.05, 0.1) is 11.6 Å². The summed E-state index contributed by atoms with van der Waals surface area (Å²) < 4.78 is 6.00. The molecule has 1 aliphatic rings. The molecule has 0 atom stereocenters. The van der Waals surface area contributed by atoms with Crippen molar-refractivity contribution in [1.82, 2.24) is 9.88 Å². The molecule has 3 rings (SSSR count). The molecule has 0 aliphatic carbocycles. The smallest absolute Gasteiger partial charge is 0.298 e. The molecule has 0 bridgehead atoms. The van der Waals surface area contributed by atoms with Gasteiger partial charge in [0.25, 0.3) is 5.91 Å². The fraction of sp³-hybridized carbons (Fsp3) is 0.294. The van der Waals surface area contributed by atoms with Crippen LogP contribution in [0.15, 0.2) is 34.2 Å². The number of ether oxygens (including phenoxy) is 1. The maximum absolute atomic E-state index is 12.3. The van der Waals surface area contributed by atoms with Crippen molar-refractivity contribution in [1.29, 1.82) is 0 Å². The summed E-state index contributed by atoms with van der Waals surface area (Å²) in [6.45, 7) is 2.91. The van der Waals surface area contributed by atoms with Crippen molar-refractivity contribution in [3.05, 3.63) is 39.8 Å². The van der Waals surface area contributed by atoms with E-state index in [0.717, 1.165) is 34.0 Å². The minimum Gasteiger partial charge on any atom is -0.496 e. The van der Waals surface area contributed by atoms with Crippen molar-refractivity contribution in [2.45, 2.75) is 0 Å². The van der Waals surface area contributed by atoms with E-state index in [1.807, 2.05) is 23.6 Å². The third-order valence-corrected chi connectivity index (χ3v) is 5.17. The number of anilines is 1. The summed E-state index contributed by atoms with van der Waals surface area (Å²) in [7, 11) is 1.61. The van der Waals surface area contributed by atoms with E-state index in [-0.39, 0.29) is 5.91 Å². The van der Waals surface area contributed by atoms with E-state index in [2.05, 4.69) is 37.7 Å². The summed E-state index contributed by atoms with van der Waals surface area (Å²) in [5, 5.41) is 2.97. The van der Waals surface area contributed by atoms with Crippen LogP contribution >= 0.6 is 27.3 Å². The molecular weight excluding hydrogens is 390 g/mol. The lowest BCUT2D eigenvalue weighted by Crippen LogP contribution is -2.48. The molecule has 1 fully saturated rings. The van der Waals surface area contributed by atoms with Gasteiger partial charge in [-0.3, -0.25) is 4.79 Å². The summed E-state index contributed by atoms with van der Waals surface area (Å²) in [6.07, 6.45) is 1.80. The molecule has 0 N–H and O–H groups in total. The standard InChI is InChI=1S/C17H16BrN3O2S/c1-23-15-4-2-13(12-14(15)18)3-5-16(22)20-7-9-21(10-8-20)17-19-6-11-24-17/h2,4,6,11-12H,7-10H2,1H3. The molecule has 1 aromatic carbocycles. The summed E-state index contributed by atoms with van der Waals surface area (Å²) in [5.41, 5.74) is 0.775. The van der Waals surface area contributed by atoms with Crippen LogP contribution in [0, 0.1) is 11.8 Å². The normalized spacial score (nSPS) is 14.1. The molecule has 5 nitrogen and oxygen atoms in total. The van der Waals surface area contributed by atoms with Crippen LogP contribution in [-0.4, -0.2) is 49.1 Å². The van der Waals surface area contributed by atoms with Gasteiger partial charge in [-0.2, -0.15) is 0 Å². The summed E-state index contributed by atoms with van der Waals surface area (Å²) in [5.74, 6) is 6.25. The molecule has 24 heavy (non-hydrogen) atoms. The van der Waals surface area contributed by atoms with Crippen molar-refractivity contribution >= 4 is 38.3 Å². The third-order valence-electron chi connectivity index (χ3n) is 3.72. The minimum absolute atomic E-state index is 0.138. The minimum atomic E-state index is -0.138. The highest BCUT2D eigenvalue weighted by atomic mass is 79.9. The van der Waals surface area contributed by atoms with E-state index in [4.69, 9.17) is 4.74 Å². The zero-order valence-electron chi connectivity index (χ0n) is 13.2. The Labute approximate surface area is 153 Å². The predicted octanol–water partition coefficient (Wildman–Crippen LogP) is 2.61. The monoisotopic (exact) mass is 405 g/mol. The van der Waals surface area contributed by atoms with E-state index < -0.39 is 0 Å². The van der Waals surface area contributed by atoms with Crippen molar-refractivity contribution in [3.63, 3.8) is 0 Å². The predicted molar refractivity (Wildman–Crippen MR) is 98.5 cm³/mol. The first kappa shape index (κ1) is 16.8. The first-order valence-electron chi connectivity index (χ1n) is 7.46. The fourth-order valence-electron chi connectivity index (χ4n) is 2.42. The van der Waals surface area contributed by atoms with Crippen LogP contribution in [0.4, 0.5) is 5.13 Å². The van der Waals surface area contributed by atoms with Crippen LogP contribution in [0.2, 0.25) is 0 Å². The second kappa shape index (κ2) is 7.69. The third kappa shape index (κ3) is 3.89. The van der Waals surface area contributed by atoms with E-state index in [0.29, 0.717) is 13.1 Å². The van der Waals surface area contributed by atoms with Crippen molar-refractivity contribution in [3.8, 4) is 17.6 Å². The summed E-state index contributed by atoms with van der Waals surface area (Å²) in [6, 6.07) is 5.51. The van der Waals surface area contributed by atoms with E-state index >= 15 is 0 Å². The molecule has 1 amide bonds. The van der Waals surface area contributed by atoms with Gasteiger partial charge in [0.1, 0.15) is 5.75 Å². The van der Waals surface area contributed by atoms with Gasteiger partial charge in [0, 0.05) is 49.2 Å².